The Bertz CT molecular complexity index is 652. The molecule has 1 aromatic carbocycles. The maximum absolute atomic E-state index is 12.4. The van der Waals surface area contributed by atoms with E-state index in [1.165, 1.54) is 11.3 Å². The quantitative estimate of drug-likeness (QED) is 0.832. The zero-order chi connectivity index (χ0) is 16.3. The lowest BCUT2D eigenvalue weighted by Crippen LogP contribution is -2.48. The number of benzene rings is 1. The second-order valence-electron chi connectivity index (χ2n) is 5.58. The molecule has 118 valence electrons. The number of nitrogens with two attached hydrogens (primary N) is 1. The van der Waals surface area contributed by atoms with Gasteiger partial charge in [0.15, 0.2) is 0 Å². The lowest BCUT2D eigenvalue weighted by atomic mass is 9.92. The number of carbonyl (C=O) groups excluding carboxylic acids is 1. The van der Waals surface area contributed by atoms with E-state index in [0.717, 1.165) is 20.1 Å². The average molecular weight is 383 g/mol. The van der Waals surface area contributed by atoms with Gasteiger partial charge in [-0.15, -0.1) is 10.2 Å². The molecule has 0 saturated carbocycles. The smallest absolute Gasteiger partial charge is 0.244 e. The average Bonchev–Trinajstić information content (AvgIpc) is 2.94. The molecule has 1 atom stereocenters. The molecule has 2 aromatic rings. The Morgan fingerprint density at radius 3 is 2.55 bits per heavy atom. The van der Waals surface area contributed by atoms with Crippen LogP contribution in [0.5, 0.6) is 0 Å². The van der Waals surface area contributed by atoms with E-state index in [-0.39, 0.29) is 5.91 Å². The van der Waals surface area contributed by atoms with Crippen molar-refractivity contribution in [2.75, 3.05) is 0 Å². The second-order valence-corrected chi connectivity index (χ2v) is 7.59. The Morgan fingerprint density at radius 1 is 1.36 bits per heavy atom. The minimum absolute atomic E-state index is 0.240. The molecule has 22 heavy (non-hydrogen) atoms. The van der Waals surface area contributed by atoms with Crippen LogP contribution in [0.4, 0.5) is 0 Å². The Balaban J connectivity index is 2.02. The van der Waals surface area contributed by atoms with Crippen LogP contribution in [0, 0.1) is 0 Å². The summed E-state index contributed by atoms with van der Waals surface area (Å²) in [5.41, 5.74) is 5.86. The Hall–Kier alpha value is -1.31. The predicted octanol–water partition coefficient (Wildman–Crippen LogP) is 2.91. The van der Waals surface area contributed by atoms with Crippen LogP contribution >= 0.6 is 27.3 Å². The molecule has 5 nitrogen and oxygen atoms in total. The minimum Gasteiger partial charge on any atom is -0.348 e. The van der Waals surface area contributed by atoms with Gasteiger partial charge in [0, 0.05) is 10.4 Å². The van der Waals surface area contributed by atoms with Crippen molar-refractivity contribution >= 4 is 33.2 Å². The Kier molecular flexibility index (Phi) is 5.31. The number of hydrogen-bond acceptors (Lipinski definition) is 5. The summed E-state index contributed by atoms with van der Waals surface area (Å²) < 4.78 is 0.947. The monoisotopic (exact) mass is 382 g/mol. The Morgan fingerprint density at radius 2 is 2.00 bits per heavy atom. The standard InChI is InChI=1S/C15H19BrN4OS/c1-9(2)13-20-19-12(22-13)8-18-14(21)15(3,17)10-4-6-11(16)7-5-10/h4-7,9H,8,17H2,1-3H3,(H,18,21). The minimum atomic E-state index is -1.09. The van der Waals surface area contributed by atoms with Gasteiger partial charge in [-0.3, -0.25) is 4.79 Å². The molecule has 0 saturated heterocycles. The molecule has 0 spiro atoms. The number of rotatable bonds is 5. The molecule has 0 fully saturated rings. The fraction of sp³-hybridized carbons (Fsp3) is 0.400. The van der Waals surface area contributed by atoms with E-state index < -0.39 is 5.54 Å². The van der Waals surface area contributed by atoms with E-state index in [9.17, 15) is 4.79 Å². The third-order valence-corrected chi connectivity index (χ3v) is 5.04. The number of hydrogen-bond donors (Lipinski definition) is 2. The first-order valence-corrected chi connectivity index (χ1v) is 8.57. The van der Waals surface area contributed by atoms with Crippen molar-refractivity contribution in [3.05, 3.63) is 44.3 Å². The summed E-state index contributed by atoms with van der Waals surface area (Å²) in [7, 11) is 0. The molecule has 7 heteroatoms. The topological polar surface area (TPSA) is 80.9 Å². The molecule has 1 aromatic heterocycles. The van der Waals surface area contributed by atoms with Crippen LogP contribution in [-0.4, -0.2) is 16.1 Å². The summed E-state index contributed by atoms with van der Waals surface area (Å²) in [6.45, 7) is 6.17. The first-order valence-electron chi connectivity index (χ1n) is 6.96. The van der Waals surface area contributed by atoms with E-state index in [2.05, 4.69) is 45.3 Å². The van der Waals surface area contributed by atoms with E-state index >= 15 is 0 Å². The third kappa shape index (κ3) is 3.91. The van der Waals surface area contributed by atoms with Crippen LogP contribution in [0.15, 0.2) is 28.7 Å². The summed E-state index contributed by atoms with van der Waals surface area (Å²) in [4.78, 5) is 12.4. The van der Waals surface area contributed by atoms with Gasteiger partial charge in [0.1, 0.15) is 15.6 Å². The Labute approximate surface area is 142 Å². The van der Waals surface area contributed by atoms with Gasteiger partial charge in [-0.2, -0.15) is 0 Å². The zero-order valence-corrected chi connectivity index (χ0v) is 15.2. The number of carbonyl (C=O) groups is 1. The lowest BCUT2D eigenvalue weighted by Gasteiger charge is -2.23. The number of aromatic nitrogens is 2. The van der Waals surface area contributed by atoms with Crippen molar-refractivity contribution in [2.24, 2.45) is 5.73 Å². The van der Waals surface area contributed by atoms with Gasteiger partial charge in [-0.25, -0.2) is 0 Å². The molecule has 1 amide bonds. The van der Waals surface area contributed by atoms with Crippen molar-refractivity contribution in [2.45, 2.75) is 38.8 Å². The van der Waals surface area contributed by atoms with Crippen molar-refractivity contribution in [3.8, 4) is 0 Å². The van der Waals surface area contributed by atoms with Gasteiger partial charge in [0.25, 0.3) is 0 Å². The zero-order valence-electron chi connectivity index (χ0n) is 12.8. The summed E-state index contributed by atoms with van der Waals surface area (Å²) in [6.07, 6.45) is 0. The number of halogens is 1. The molecular formula is C15H19BrN4OS. The van der Waals surface area contributed by atoms with Crippen molar-refractivity contribution < 1.29 is 4.79 Å². The first kappa shape index (κ1) is 17.1. The molecule has 1 unspecified atom stereocenters. The van der Waals surface area contributed by atoms with Gasteiger partial charge in [-0.1, -0.05) is 53.2 Å². The van der Waals surface area contributed by atoms with Gasteiger partial charge < -0.3 is 11.1 Å². The molecule has 0 aliphatic carbocycles. The van der Waals surface area contributed by atoms with Gasteiger partial charge >= 0.3 is 0 Å². The molecular weight excluding hydrogens is 364 g/mol. The number of amides is 1. The van der Waals surface area contributed by atoms with Crippen LogP contribution < -0.4 is 11.1 Å². The number of nitrogens with zero attached hydrogens (tertiary/aromatic N) is 2. The van der Waals surface area contributed by atoms with E-state index in [1.54, 1.807) is 6.92 Å². The molecule has 2 rings (SSSR count). The van der Waals surface area contributed by atoms with E-state index in [1.807, 2.05) is 24.3 Å². The molecule has 1 heterocycles. The van der Waals surface area contributed by atoms with Crippen molar-refractivity contribution in [1.29, 1.82) is 0 Å². The predicted molar refractivity (Wildman–Crippen MR) is 91.5 cm³/mol. The van der Waals surface area contributed by atoms with Crippen LogP contribution in [0.25, 0.3) is 0 Å². The third-order valence-electron chi connectivity index (χ3n) is 3.29. The summed E-state index contributed by atoms with van der Waals surface area (Å²) in [5, 5.41) is 12.8. The van der Waals surface area contributed by atoms with Crippen LogP contribution in [0.2, 0.25) is 0 Å². The summed E-state index contributed by atoms with van der Waals surface area (Å²) >= 11 is 4.88. The number of nitrogens with one attached hydrogen (secondary N) is 1. The second kappa shape index (κ2) is 6.85. The maximum atomic E-state index is 12.4. The van der Waals surface area contributed by atoms with Gasteiger partial charge in [0.05, 0.1) is 6.54 Å². The molecule has 0 aliphatic rings. The fourth-order valence-corrected chi connectivity index (χ4v) is 2.89. The van der Waals surface area contributed by atoms with Gasteiger partial charge in [-0.05, 0) is 24.6 Å². The summed E-state index contributed by atoms with van der Waals surface area (Å²) in [5.74, 6) is 0.0978. The SMILES string of the molecule is CC(C)c1nnc(CNC(=O)C(C)(N)c2ccc(Br)cc2)s1. The van der Waals surface area contributed by atoms with Crippen LogP contribution in [0.3, 0.4) is 0 Å². The van der Waals surface area contributed by atoms with Crippen LogP contribution in [0.1, 0.15) is 42.3 Å². The molecule has 0 aliphatic heterocycles. The molecule has 0 bridgehead atoms. The van der Waals surface area contributed by atoms with E-state index in [0.29, 0.717) is 12.5 Å². The fourth-order valence-electron chi connectivity index (χ4n) is 1.84. The highest BCUT2D eigenvalue weighted by Gasteiger charge is 2.30. The largest absolute Gasteiger partial charge is 0.348 e. The summed E-state index contributed by atoms with van der Waals surface area (Å²) in [6, 6.07) is 7.41. The van der Waals surface area contributed by atoms with E-state index in [4.69, 9.17) is 5.73 Å². The normalized spacial score (nSPS) is 13.9. The highest BCUT2D eigenvalue weighted by Crippen LogP contribution is 2.22. The van der Waals surface area contributed by atoms with Crippen molar-refractivity contribution in [1.82, 2.24) is 15.5 Å². The lowest BCUT2D eigenvalue weighted by molar-refractivity contribution is -0.126. The first-order chi connectivity index (χ1) is 10.3. The van der Waals surface area contributed by atoms with Crippen molar-refractivity contribution in [3.63, 3.8) is 0 Å². The molecule has 3 N–H and O–H groups in total. The maximum Gasteiger partial charge on any atom is 0.244 e. The van der Waals surface area contributed by atoms with Gasteiger partial charge in [0.2, 0.25) is 5.91 Å². The molecule has 0 radical (unpaired) electrons. The highest BCUT2D eigenvalue weighted by molar-refractivity contribution is 9.10. The highest BCUT2D eigenvalue weighted by atomic mass is 79.9. The van der Waals surface area contributed by atoms with Crippen LogP contribution in [-0.2, 0) is 16.9 Å².